The normalized spacial score (nSPS) is 16.8. The third-order valence-corrected chi connectivity index (χ3v) is 5.05. The van der Waals surface area contributed by atoms with Gasteiger partial charge >= 0.3 is 0 Å². The standard InChI is InChI=1S/C23H27N5O2/c1-14(2)24-22(29)18-12-20(27-19-8-6-5-7-17(18)19)21-13-28(9-10-30-21)23-25-15(3)11-16(4)26-23/h5-8,11-12,14,21H,9-10,13H2,1-4H3,(H,24,29). The number of pyridine rings is 1. The molecule has 1 N–H and O–H groups in total. The lowest BCUT2D eigenvalue weighted by atomic mass is 10.0. The van der Waals surface area contributed by atoms with Gasteiger partial charge in [0.2, 0.25) is 5.95 Å². The number of aromatic nitrogens is 3. The fourth-order valence-corrected chi connectivity index (χ4v) is 3.75. The monoisotopic (exact) mass is 405 g/mol. The maximum atomic E-state index is 12.9. The minimum Gasteiger partial charge on any atom is -0.368 e. The van der Waals surface area contributed by atoms with Crippen LogP contribution in [0.2, 0.25) is 0 Å². The van der Waals surface area contributed by atoms with Crippen molar-refractivity contribution in [2.24, 2.45) is 0 Å². The summed E-state index contributed by atoms with van der Waals surface area (Å²) in [6, 6.07) is 11.6. The minimum absolute atomic E-state index is 0.0519. The van der Waals surface area contributed by atoms with E-state index < -0.39 is 0 Å². The van der Waals surface area contributed by atoms with Gasteiger partial charge in [0.05, 0.1) is 29.9 Å². The molecule has 3 aromatic rings. The average Bonchev–Trinajstić information content (AvgIpc) is 2.72. The number of nitrogens with zero attached hydrogens (tertiary/aromatic N) is 4. The first kappa shape index (κ1) is 20.2. The number of amides is 1. The first-order valence-corrected chi connectivity index (χ1v) is 10.3. The van der Waals surface area contributed by atoms with Gasteiger partial charge in [0, 0.05) is 29.4 Å². The molecular weight excluding hydrogens is 378 g/mol. The molecule has 1 aromatic carbocycles. The van der Waals surface area contributed by atoms with E-state index in [0.29, 0.717) is 31.2 Å². The molecular formula is C23H27N5O2. The number of morpholine rings is 1. The van der Waals surface area contributed by atoms with Crippen molar-refractivity contribution in [1.82, 2.24) is 20.3 Å². The summed E-state index contributed by atoms with van der Waals surface area (Å²) in [6.45, 7) is 9.69. The van der Waals surface area contributed by atoms with Crippen LogP contribution < -0.4 is 10.2 Å². The van der Waals surface area contributed by atoms with Crippen LogP contribution in [0, 0.1) is 13.8 Å². The molecule has 3 heterocycles. The molecule has 1 fully saturated rings. The van der Waals surface area contributed by atoms with Crippen LogP contribution in [0.25, 0.3) is 10.9 Å². The molecule has 7 nitrogen and oxygen atoms in total. The third-order valence-electron chi connectivity index (χ3n) is 5.05. The average molecular weight is 406 g/mol. The number of carbonyl (C=O) groups is 1. The summed E-state index contributed by atoms with van der Waals surface area (Å²) in [4.78, 5) is 29.0. The SMILES string of the molecule is Cc1cc(C)nc(N2CCOC(c3cc(C(=O)NC(C)C)c4ccccc4n3)C2)n1. The molecule has 0 bridgehead atoms. The maximum Gasteiger partial charge on any atom is 0.252 e. The number of hydrogen-bond acceptors (Lipinski definition) is 6. The molecule has 0 aliphatic carbocycles. The van der Waals surface area contributed by atoms with E-state index in [4.69, 9.17) is 9.72 Å². The van der Waals surface area contributed by atoms with Crippen LogP contribution in [0.1, 0.15) is 47.4 Å². The molecule has 1 atom stereocenters. The molecule has 0 saturated carbocycles. The highest BCUT2D eigenvalue weighted by Gasteiger charge is 2.27. The Bertz CT molecular complexity index is 1060. The van der Waals surface area contributed by atoms with Gasteiger partial charge in [0.25, 0.3) is 5.91 Å². The molecule has 30 heavy (non-hydrogen) atoms. The highest BCUT2D eigenvalue weighted by Crippen LogP contribution is 2.27. The number of rotatable bonds is 4. The molecule has 4 rings (SSSR count). The number of hydrogen-bond donors (Lipinski definition) is 1. The fraction of sp³-hybridized carbons (Fsp3) is 0.391. The van der Waals surface area contributed by atoms with Crippen molar-refractivity contribution < 1.29 is 9.53 Å². The molecule has 1 saturated heterocycles. The largest absolute Gasteiger partial charge is 0.368 e. The fourth-order valence-electron chi connectivity index (χ4n) is 3.75. The molecule has 1 unspecified atom stereocenters. The predicted octanol–water partition coefficient (Wildman–Crippen LogP) is 3.36. The lowest BCUT2D eigenvalue weighted by Gasteiger charge is -2.33. The molecule has 156 valence electrons. The second-order valence-electron chi connectivity index (χ2n) is 8.00. The van der Waals surface area contributed by atoms with Crippen LogP contribution in [0.5, 0.6) is 0 Å². The summed E-state index contributed by atoms with van der Waals surface area (Å²) in [7, 11) is 0. The summed E-state index contributed by atoms with van der Waals surface area (Å²) in [5.74, 6) is 0.606. The van der Waals surface area contributed by atoms with E-state index in [2.05, 4.69) is 20.2 Å². The number of para-hydroxylation sites is 1. The van der Waals surface area contributed by atoms with E-state index in [-0.39, 0.29) is 18.1 Å². The Morgan fingerprint density at radius 1 is 1.13 bits per heavy atom. The summed E-state index contributed by atoms with van der Waals surface area (Å²) in [5.41, 5.74) is 4.03. The molecule has 0 radical (unpaired) electrons. The molecule has 1 aliphatic rings. The second kappa shape index (κ2) is 8.36. The first-order chi connectivity index (χ1) is 14.4. The highest BCUT2D eigenvalue weighted by molar-refractivity contribution is 6.06. The summed E-state index contributed by atoms with van der Waals surface area (Å²) in [5, 5.41) is 3.83. The minimum atomic E-state index is -0.265. The van der Waals surface area contributed by atoms with Gasteiger partial charge in [0.1, 0.15) is 6.10 Å². The van der Waals surface area contributed by atoms with Crippen LogP contribution in [-0.2, 0) is 4.74 Å². The topological polar surface area (TPSA) is 80.2 Å². The van der Waals surface area contributed by atoms with Gasteiger partial charge in [-0.2, -0.15) is 0 Å². The summed E-state index contributed by atoms with van der Waals surface area (Å²) in [6.07, 6.45) is -0.265. The van der Waals surface area contributed by atoms with Crippen molar-refractivity contribution in [2.75, 3.05) is 24.6 Å². The van der Waals surface area contributed by atoms with E-state index in [0.717, 1.165) is 28.0 Å². The lowest BCUT2D eigenvalue weighted by molar-refractivity contribution is 0.0366. The van der Waals surface area contributed by atoms with Gasteiger partial charge in [-0.1, -0.05) is 18.2 Å². The zero-order valence-electron chi connectivity index (χ0n) is 17.8. The smallest absolute Gasteiger partial charge is 0.252 e. The van der Waals surface area contributed by atoms with Crippen LogP contribution in [0.15, 0.2) is 36.4 Å². The summed E-state index contributed by atoms with van der Waals surface area (Å²) < 4.78 is 6.05. The number of anilines is 1. The van der Waals surface area contributed by atoms with Gasteiger partial charge in [0.15, 0.2) is 0 Å². The Labute approximate surface area is 176 Å². The number of carbonyl (C=O) groups excluding carboxylic acids is 1. The van der Waals surface area contributed by atoms with Gasteiger partial charge in [-0.15, -0.1) is 0 Å². The van der Waals surface area contributed by atoms with Gasteiger partial charge in [-0.3, -0.25) is 4.79 Å². The quantitative estimate of drug-likeness (QED) is 0.717. The van der Waals surface area contributed by atoms with Crippen LogP contribution in [0.4, 0.5) is 5.95 Å². The van der Waals surface area contributed by atoms with E-state index in [9.17, 15) is 4.79 Å². The van der Waals surface area contributed by atoms with Crippen molar-refractivity contribution in [2.45, 2.75) is 39.8 Å². The van der Waals surface area contributed by atoms with E-state index in [1.54, 1.807) is 0 Å². The number of fused-ring (bicyclic) bond motifs is 1. The van der Waals surface area contributed by atoms with Crippen LogP contribution >= 0.6 is 0 Å². The number of benzene rings is 1. The van der Waals surface area contributed by atoms with Crippen molar-refractivity contribution in [3.05, 3.63) is 59.0 Å². The van der Waals surface area contributed by atoms with Crippen molar-refractivity contribution in [1.29, 1.82) is 0 Å². The number of aryl methyl sites for hydroxylation is 2. The third kappa shape index (κ3) is 4.26. The zero-order valence-corrected chi connectivity index (χ0v) is 17.8. The van der Waals surface area contributed by atoms with E-state index in [1.807, 2.05) is 64.1 Å². The zero-order chi connectivity index (χ0) is 21.3. The predicted molar refractivity (Wildman–Crippen MR) is 117 cm³/mol. The van der Waals surface area contributed by atoms with E-state index in [1.165, 1.54) is 0 Å². The Kier molecular flexibility index (Phi) is 5.63. The van der Waals surface area contributed by atoms with Gasteiger partial charge < -0.3 is 15.0 Å². The van der Waals surface area contributed by atoms with Gasteiger partial charge in [-0.05, 0) is 45.9 Å². The Balaban J connectivity index is 1.69. The number of nitrogens with one attached hydrogen (secondary N) is 1. The van der Waals surface area contributed by atoms with Crippen LogP contribution in [0.3, 0.4) is 0 Å². The Hall–Kier alpha value is -3.06. The second-order valence-corrected chi connectivity index (χ2v) is 8.00. The molecule has 1 aliphatic heterocycles. The number of ether oxygens (including phenoxy) is 1. The lowest BCUT2D eigenvalue weighted by Crippen LogP contribution is -2.40. The first-order valence-electron chi connectivity index (χ1n) is 10.3. The Morgan fingerprint density at radius 2 is 1.87 bits per heavy atom. The Morgan fingerprint density at radius 3 is 2.60 bits per heavy atom. The highest BCUT2D eigenvalue weighted by atomic mass is 16.5. The molecule has 1 amide bonds. The maximum absolute atomic E-state index is 12.9. The molecule has 0 spiro atoms. The van der Waals surface area contributed by atoms with Crippen molar-refractivity contribution >= 4 is 22.8 Å². The molecule has 7 heteroatoms. The van der Waals surface area contributed by atoms with E-state index >= 15 is 0 Å². The van der Waals surface area contributed by atoms with Crippen molar-refractivity contribution in [3.63, 3.8) is 0 Å². The van der Waals surface area contributed by atoms with Gasteiger partial charge in [-0.25, -0.2) is 15.0 Å². The van der Waals surface area contributed by atoms with Crippen molar-refractivity contribution in [3.8, 4) is 0 Å². The molecule has 2 aromatic heterocycles. The van der Waals surface area contributed by atoms with Crippen LogP contribution in [-0.4, -0.2) is 46.6 Å². The summed E-state index contributed by atoms with van der Waals surface area (Å²) >= 11 is 0.